The molecule has 1 aromatic rings. The van der Waals surface area contributed by atoms with Gasteiger partial charge in [-0.2, -0.15) is 0 Å². The van der Waals surface area contributed by atoms with Gasteiger partial charge >= 0.3 is 0 Å². The molecule has 2 aliphatic heterocycles. The van der Waals surface area contributed by atoms with Gasteiger partial charge in [0.15, 0.2) is 5.96 Å². The van der Waals surface area contributed by atoms with Gasteiger partial charge in [0.25, 0.3) is 0 Å². The van der Waals surface area contributed by atoms with Gasteiger partial charge in [-0.1, -0.05) is 19.3 Å². The first-order valence-corrected chi connectivity index (χ1v) is 11.6. The number of halogens is 1. The van der Waals surface area contributed by atoms with Crippen molar-refractivity contribution in [1.29, 1.82) is 0 Å². The molecule has 2 saturated heterocycles. The van der Waals surface area contributed by atoms with E-state index < -0.39 is 0 Å². The smallest absolute Gasteiger partial charge is 0.191 e. The van der Waals surface area contributed by atoms with E-state index in [2.05, 4.69) is 49.5 Å². The number of hydrogen-bond donors (Lipinski definition) is 2. The first kappa shape index (κ1) is 25.2. The zero-order chi connectivity index (χ0) is 20.3. The van der Waals surface area contributed by atoms with E-state index in [4.69, 9.17) is 0 Å². The number of piperidine rings is 1. The van der Waals surface area contributed by atoms with Crippen molar-refractivity contribution in [3.63, 3.8) is 0 Å². The first-order valence-electron chi connectivity index (χ1n) is 11.6. The van der Waals surface area contributed by atoms with Gasteiger partial charge in [-0.3, -0.25) is 4.99 Å². The Hall–Kier alpha value is -1.09. The minimum absolute atomic E-state index is 0. The summed E-state index contributed by atoms with van der Waals surface area (Å²) in [6.07, 6.45) is 12.4. The molecule has 0 radical (unpaired) electrons. The van der Waals surface area contributed by atoms with Gasteiger partial charge in [0.1, 0.15) is 5.82 Å². The summed E-state index contributed by atoms with van der Waals surface area (Å²) in [5.41, 5.74) is 1.25. The van der Waals surface area contributed by atoms with Crippen LogP contribution >= 0.6 is 24.0 Å². The number of nitrogens with zero attached hydrogens (tertiary/aromatic N) is 4. The van der Waals surface area contributed by atoms with E-state index in [0.29, 0.717) is 0 Å². The van der Waals surface area contributed by atoms with Crippen molar-refractivity contribution in [1.82, 2.24) is 20.5 Å². The van der Waals surface area contributed by atoms with Crippen molar-refractivity contribution in [2.45, 2.75) is 70.9 Å². The number of anilines is 1. The van der Waals surface area contributed by atoms with Crippen LogP contribution in [0.1, 0.15) is 63.9 Å². The Morgan fingerprint density at radius 1 is 1.10 bits per heavy atom. The van der Waals surface area contributed by atoms with Crippen molar-refractivity contribution >= 4 is 35.8 Å². The number of nitrogens with one attached hydrogen (secondary N) is 2. The van der Waals surface area contributed by atoms with Crippen LogP contribution in [-0.2, 0) is 6.54 Å². The summed E-state index contributed by atoms with van der Waals surface area (Å²) in [6, 6.07) is 5.06. The highest BCUT2D eigenvalue weighted by Crippen LogP contribution is 2.18. The Balaban J connectivity index is 0.00000320. The maximum Gasteiger partial charge on any atom is 0.191 e. The highest BCUT2D eigenvalue weighted by atomic mass is 127. The number of aliphatic imine (C=N–C) groups is 1. The van der Waals surface area contributed by atoms with Gasteiger partial charge in [0.05, 0.1) is 0 Å². The summed E-state index contributed by atoms with van der Waals surface area (Å²) in [5.74, 6) is 2.00. The minimum atomic E-state index is 0. The minimum Gasteiger partial charge on any atom is -0.357 e. The normalized spacial score (nSPS) is 20.9. The molecule has 0 bridgehead atoms. The van der Waals surface area contributed by atoms with Crippen LogP contribution in [-0.4, -0.2) is 61.7 Å². The van der Waals surface area contributed by atoms with Crippen molar-refractivity contribution in [2.75, 3.05) is 44.7 Å². The average Bonchev–Trinajstić information content (AvgIpc) is 3.04. The lowest BCUT2D eigenvalue weighted by Crippen LogP contribution is -2.41. The summed E-state index contributed by atoms with van der Waals surface area (Å²) in [7, 11) is 1.84. The van der Waals surface area contributed by atoms with Gasteiger partial charge in [-0.25, -0.2) is 4.98 Å². The van der Waals surface area contributed by atoms with Crippen molar-refractivity contribution in [2.24, 2.45) is 4.99 Å². The molecule has 0 spiro atoms. The summed E-state index contributed by atoms with van der Waals surface area (Å²) >= 11 is 0. The van der Waals surface area contributed by atoms with Gasteiger partial charge in [-0.15, -0.1) is 24.0 Å². The van der Waals surface area contributed by atoms with E-state index in [1.54, 1.807) is 0 Å². The Labute approximate surface area is 200 Å². The molecule has 0 amide bonds. The van der Waals surface area contributed by atoms with E-state index in [9.17, 15) is 0 Å². The second-order valence-corrected chi connectivity index (χ2v) is 8.51. The summed E-state index contributed by atoms with van der Waals surface area (Å²) in [4.78, 5) is 14.1. The maximum absolute atomic E-state index is 4.61. The van der Waals surface area contributed by atoms with Crippen molar-refractivity contribution in [3.05, 3.63) is 23.9 Å². The van der Waals surface area contributed by atoms with Gasteiger partial charge in [0, 0.05) is 52.0 Å². The third kappa shape index (κ3) is 8.21. The molecule has 3 rings (SSSR count). The molecule has 7 heteroatoms. The molecule has 6 nitrogen and oxygen atoms in total. The molecule has 2 aliphatic rings. The molecule has 1 atom stereocenters. The molecule has 0 aromatic carbocycles. The molecule has 170 valence electrons. The largest absolute Gasteiger partial charge is 0.357 e. The van der Waals surface area contributed by atoms with E-state index in [1.807, 2.05) is 13.2 Å². The number of pyridine rings is 1. The standard InChI is InChI=1S/C23H40N6.HI/c1-20-10-5-8-14-28(20)17-9-12-26-23(24-2)27-19-21-11-13-25-22(18-21)29-15-6-3-4-7-16-29;/h11,13,18,20H,3-10,12,14-17,19H2,1-2H3,(H2,24,26,27);1H. The van der Waals surface area contributed by atoms with Crippen LogP contribution in [0, 0.1) is 0 Å². The fourth-order valence-corrected chi connectivity index (χ4v) is 4.43. The lowest BCUT2D eigenvalue weighted by molar-refractivity contribution is 0.159. The monoisotopic (exact) mass is 528 g/mol. The van der Waals surface area contributed by atoms with E-state index in [-0.39, 0.29) is 24.0 Å². The summed E-state index contributed by atoms with van der Waals surface area (Å²) < 4.78 is 0. The quantitative estimate of drug-likeness (QED) is 0.243. The number of likely N-dealkylation sites (tertiary alicyclic amines) is 1. The van der Waals surface area contributed by atoms with Crippen LogP contribution in [0.5, 0.6) is 0 Å². The molecule has 2 N–H and O–H groups in total. The molecule has 0 saturated carbocycles. The average molecular weight is 529 g/mol. The molecule has 30 heavy (non-hydrogen) atoms. The second-order valence-electron chi connectivity index (χ2n) is 8.51. The van der Waals surface area contributed by atoms with E-state index in [1.165, 1.54) is 63.6 Å². The molecule has 1 aromatic heterocycles. The van der Waals surface area contributed by atoms with Crippen LogP contribution in [0.25, 0.3) is 0 Å². The van der Waals surface area contributed by atoms with E-state index in [0.717, 1.165) is 50.4 Å². The highest BCUT2D eigenvalue weighted by molar-refractivity contribution is 14.0. The topological polar surface area (TPSA) is 55.8 Å². The van der Waals surface area contributed by atoms with Crippen molar-refractivity contribution in [3.8, 4) is 0 Å². The predicted octanol–water partition coefficient (Wildman–Crippen LogP) is 4.01. The fourth-order valence-electron chi connectivity index (χ4n) is 4.43. The summed E-state index contributed by atoms with van der Waals surface area (Å²) in [6.45, 7) is 8.78. The fraction of sp³-hybridized carbons (Fsp3) is 0.739. The van der Waals surface area contributed by atoms with E-state index >= 15 is 0 Å². The lowest BCUT2D eigenvalue weighted by Gasteiger charge is -2.33. The van der Waals surface area contributed by atoms with Crippen LogP contribution < -0.4 is 15.5 Å². The third-order valence-electron chi connectivity index (χ3n) is 6.28. The van der Waals surface area contributed by atoms with Crippen molar-refractivity contribution < 1.29 is 0 Å². The SMILES string of the molecule is CN=C(NCCCN1CCCCC1C)NCc1ccnc(N2CCCCCC2)c1.I. The molecular weight excluding hydrogens is 487 g/mol. The molecule has 3 heterocycles. The number of rotatable bonds is 7. The highest BCUT2D eigenvalue weighted by Gasteiger charge is 2.17. The molecular formula is C23H41IN6. The number of hydrogen-bond acceptors (Lipinski definition) is 4. The summed E-state index contributed by atoms with van der Waals surface area (Å²) in [5, 5.41) is 6.92. The van der Waals surface area contributed by atoms with Crippen LogP contribution in [0.4, 0.5) is 5.82 Å². The third-order valence-corrected chi connectivity index (χ3v) is 6.28. The molecule has 2 fully saturated rings. The predicted molar refractivity (Wildman–Crippen MR) is 138 cm³/mol. The lowest BCUT2D eigenvalue weighted by atomic mass is 10.0. The molecule has 1 unspecified atom stereocenters. The number of guanidine groups is 1. The number of aromatic nitrogens is 1. The Kier molecular flexibility index (Phi) is 11.8. The van der Waals surface area contributed by atoms with Crippen LogP contribution in [0.3, 0.4) is 0 Å². The Morgan fingerprint density at radius 3 is 2.60 bits per heavy atom. The van der Waals surface area contributed by atoms with Crippen LogP contribution in [0.2, 0.25) is 0 Å². The zero-order valence-corrected chi connectivity index (χ0v) is 21.2. The zero-order valence-electron chi connectivity index (χ0n) is 18.9. The second kappa shape index (κ2) is 14.1. The van der Waals surface area contributed by atoms with Gasteiger partial charge in [-0.05, 0) is 63.3 Å². The van der Waals surface area contributed by atoms with Gasteiger partial charge < -0.3 is 20.4 Å². The Morgan fingerprint density at radius 2 is 1.87 bits per heavy atom. The molecule has 0 aliphatic carbocycles. The van der Waals surface area contributed by atoms with Gasteiger partial charge in [0.2, 0.25) is 0 Å². The first-order chi connectivity index (χ1) is 14.3. The Bertz CT molecular complexity index is 630. The van der Waals surface area contributed by atoms with Crippen LogP contribution in [0.15, 0.2) is 23.3 Å². The maximum atomic E-state index is 4.61.